The van der Waals surface area contributed by atoms with Crippen LogP contribution in [0.25, 0.3) is 0 Å². The van der Waals surface area contributed by atoms with Crippen LogP contribution >= 0.6 is 11.6 Å². The number of halogens is 1. The number of anilines is 2. The highest BCUT2D eigenvalue weighted by atomic mass is 35.5. The van der Waals surface area contributed by atoms with E-state index < -0.39 is 22.0 Å². The minimum atomic E-state index is -3.98. The second-order valence-corrected chi connectivity index (χ2v) is 9.33. The Labute approximate surface area is 198 Å². The van der Waals surface area contributed by atoms with Crippen LogP contribution in [0.5, 0.6) is 0 Å². The lowest BCUT2D eigenvalue weighted by molar-refractivity contribution is -0.117. The van der Waals surface area contributed by atoms with Crippen LogP contribution in [-0.2, 0) is 19.6 Å². The van der Waals surface area contributed by atoms with Crippen molar-refractivity contribution in [2.24, 2.45) is 0 Å². The standard InChI is InChI=1S/C22H27ClN4O5S/c1-5-27(6-2)22(30)19-12-9-17(13-20(19)23)25-21(29)14(3)26-33(31,32)18-10-7-16(8-11-18)24-15(4)28/h7-14,26H,5-6H2,1-4H3,(H,24,28)(H,25,29)/t14-/m0/s1. The molecule has 2 rings (SSSR count). The molecule has 0 spiro atoms. The number of sulfonamides is 1. The van der Waals surface area contributed by atoms with Gasteiger partial charge in [-0.1, -0.05) is 11.6 Å². The fourth-order valence-corrected chi connectivity index (χ4v) is 4.44. The van der Waals surface area contributed by atoms with Crippen molar-refractivity contribution in [3.63, 3.8) is 0 Å². The molecule has 0 heterocycles. The van der Waals surface area contributed by atoms with Gasteiger partial charge in [0.25, 0.3) is 5.91 Å². The van der Waals surface area contributed by atoms with Crippen molar-refractivity contribution in [2.75, 3.05) is 23.7 Å². The summed E-state index contributed by atoms with van der Waals surface area (Å²) in [5, 5.41) is 5.31. The van der Waals surface area contributed by atoms with Gasteiger partial charge >= 0.3 is 0 Å². The average molecular weight is 495 g/mol. The summed E-state index contributed by atoms with van der Waals surface area (Å²) in [6.07, 6.45) is 0. The Bertz CT molecular complexity index is 1130. The Hall–Kier alpha value is -2.95. The lowest BCUT2D eigenvalue weighted by Crippen LogP contribution is -2.41. The van der Waals surface area contributed by atoms with Gasteiger partial charge in [-0.2, -0.15) is 4.72 Å². The third kappa shape index (κ3) is 7.01. The fourth-order valence-electron chi connectivity index (χ4n) is 2.97. The van der Waals surface area contributed by atoms with Gasteiger partial charge in [-0.15, -0.1) is 0 Å². The quantitative estimate of drug-likeness (QED) is 0.494. The third-order valence-corrected chi connectivity index (χ3v) is 6.60. The zero-order valence-electron chi connectivity index (χ0n) is 18.8. The minimum absolute atomic E-state index is 0.0569. The summed E-state index contributed by atoms with van der Waals surface area (Å²) in [6.45, 7) is 7.55. The Kier molecular flexibility index (Phi) is 8.98. The predicted molar refractivity (Wildman–Crippen MR) is 128 cm³/mol. The molecule has 0 aliphatic carbocycles. The molecule has 2 aromatic carbocycles. The summed E-state index contributed by atoms with van der Waals surface area (Å²) in [5.41, 5.74) is 1.09. The molecule has 0 aliphatic rings. The Balaban J connectivity index is 2.07. The van der Waals surface area contributed by atoms with Crippen molar-refractivity contribution in [2.45, 2.75) is 38.6 Å². The molecule has 0 bridgehead atoms. The number of carbonyl (C=O) groups is 3. The molecule has 11 heteroatoms. The van der Waals surface area contributed by atoms with Gasteiger partial charge in [0, 0.05) is 31.4 Å². The molecule has 1 atom stereocenters. The third-order valence-electron chi connectivity index (χ3n) is 4.73. The summed E-state index contributed by atoms with van der Waals surface area (Å²) in [6, 6.07) is 8.94. The van der Waals surface area contributed by atoms with Crippen molar-refractivity contribution in [3.05, 3.63) is 53.1 Å². The fraction of sp³-hybridized carbons (Fsp3) is 0.318. The van der Waals surface area contributed by atoms with Crippen LogP contribution in [0.4, 0.5) is 11.4 Å². The lowest BCUT2D eigenvalue weighted by Gasteiger charge is -2.20. The molecule has 0 fully saturated rings. The molecular formula is C22H27ClN4O5S. The zero-order chi connectivity index (χ0) is 24.8. The molecule has 3 N–H and O–H groups in total. The van der Waals surface area contributed by atoms with Crippen LogP contribution in [0, 0.1) is 0 Å². The van der Waals surface area contributed by atoms with E-state index in [1.807, 2.05) is 13.8 Å². The van der Waals surface area contributed by atoms with Gasteiger partial charge in [0.2, 0.25) is 21.8 Å². The highest BCUT2D eigenvalue weighted by Gasteiger charge is 2.23. The van der Waals surface area contributed by atoms with Crippen LogP contribution in [0.3, 0.4) is 0 Å². The molecule has 0 radical (unpaired) electrons. The van der Waals surface area contributed by atoms with E-state index in [4.69, 9.17) is 11.6 Å². The number of benzene rings is 2. The molecule has 0 unspecified atom stereocenters. The van der Waals surface area contributed by atoms with Crippen LogP contribution in [0.1, 0.15) is 38.1 Å². The van der Waals surface area contributed by atoms with E-state index in [1.54, 1.807) is 4.90 Å². The van der Waals surface area contributed by atoms with Gasteiger partial charge < -0.3 is 15.5 Å². The first-order valence-corrected chi connectivity index (χ1v) is 12.1. The number of hydrogen-bond donors (Lipinski definition) is 3. The Morgan fingerprint density at radius 3 is 2.06 bits per heavy atom. The number of amides is 3. The number of nitrogens with zero attached hydrogens (tertiary/aromatic N) is 1. The van der Waals surface area contributed by atoms with Crippen molar-refractivity contribution in [3.8, 4) is 0 Å². The molecule has 0 saturated heterocycles. The molecule has 0 aliphatic heterocycles. The summed E-state index contributed by atoms with van der Waals surface area (Å²) >= 11 is 6.24. The van der Waals surface area contributed by atoms with Crippen LogP contribution in [0.2, 0.25) is 5.02 Å². The Morgan fingerprint density at radius 1 is 0.970 bits per heavy atom. The normalized spacial score (nSPS) is 12.0. The molecule has 0 aromatic heterocycles. The van der Waals surface area contributed by atoms with Crippen LogP contribution in [-0.4, -0.2) is 50.2 Å². The summed E-state index contributed by atoms with van der Waals surface area (Å²) in [7, 11) is -3.98. The van der Waals surface area contributed by atoms with Gasteiger partial charge in [-0.25, -0.2) is 8.42 Å². The maximum absolute atomic E-state index is 12.6. The first kappa shape index (κ1) is 26.3. The van der Waals surface area contributed by atoms with Gasteiger partial charge in [0.05, 0.1) is 21.5 Å². The van der Waals surface area contributed by atoms with E-state index >= 15 is 0 Å². The summed E-state index contributed by atoms with van der Waals surface area (Å²) in [4.78, 5) is 37.7. The Morgan fingerprint density at radius 2 is 1.55 bits per heavy atom. The zero-order valence-corrected chi connectivity index (χ0v) is 20.4. The van der Waals surface area contributed by atoms with E-state index in [0.717, 1.165) is 0 Å². The molecule has 9 nitrogen and oxygen atoms in total. The number of rotatable bonds is 9. The smallest absolute Gasteiger partial charge is 0.255 e. The van der Waals surface area contributed by atoms with Gasteiger partial charge in [-0.05, 0) is 63.2 Å². The largest absolute Gasteiger partial charge is 0.339 e. The van der Waals surface area contributed by atoms with Crippen molar-refractivity contribution in [1.82, 2.24) is 9.62 Å². The van der Waals surface area contributed by atoms with Crippen LogP contribution in [0.15, 0.2) is 47.4 Å². The lowest BCUT2D eigenvalue weighted by atomic mass is 10.1. The summed E-state index contributed by atoms with van der Waals surface area (Å²) in [5.74, 6) is -1.10. The molecule has 33 heavy (non-hydrogen) atoms. The summed E-state index contributed by atoms with van der Waals surface area (Å²) < 4.78 is 27.5. The van der Waals surface area contributed by atoms with E-state index in [0.29, 0.717) is 30.0 Å². The van der Waals surface area contributed by atoms with Gasteiger partial charge in [-0.3, -0.25) is 14.4 Å². The molecule has 3 amide bonds. The second kappa shape index (κ2) is 11.3. The second-order valence-electron chi connectivity index (χ2n) is 7.21. The minimum Gasteiger partial charge on any atom is -0.339 e. The molecule has 178 valence electrons. The molecular weight excluding hydrogens is 468 g/mol. The highest BCUT2D eigenvalue weighted by Crippen LogP contribution is 2.23. The van der Waals surface area contributed by atoms with E-state index in [1.165, 1.54) is 56.3 Å². The van der Waals surface area contributed by atoms with E-state index in [9.17, 15) is 22.8 Å². The predicted octanol–water partition coefficient (Wildman–Crippen LogP) is 3.09. The molecule has 2 aromatic rings. The number of hydrogen-bond acceptors (Lipinski definition) is 5. The highest BCUT2D eigenvalue weighted by molar-refractivity contribution is 7.89. The van der Waals surface area contributed by atoms with Gasteiger partial charge in [0.1, 0.15) is 0 Å². The maximum atomic E-state index is 12.6. The van der Waals surface area contributed by atoms with Crippen molar-refractivity contribution < 1.29 is 22.8 Å². The number of carbonyl (C=O) groups excluding carboxylic acids is 3. The monoisotopic (exact) mass is 494 g/mol. The van der Waals surface area contributed by atoms with E-state index in [-0.39, 0.29) is 21.7 Å². The van der Waals surface area contributed by atoms with Crippen LogP contribution < -0.4 is 15.4 Å². The average Bonchev–Trinajstić information content (AvgIpc) is 2.74. The van der Waals surface area contributed by atoms with Gasteiger partial charge in [0.15, 0.2) is 0 Å². The number of nitrogens with one attached hydrogen (secondary N) is 3. The molecule has 0 saturated carbocycles. The maximum Gasteiger partial charge on any atom is 0.255 e. The van der Waals surface area contributed by atoms with Crippen molar-refractivity contribution in [1.29, 1.82) is 0 Å². The topological polar surface area (TPSA) is 125 Å². The van der Waals surface area contributed by atoms with Crippen molar-refractivity contribution >= 4 is 50.7 Å². The first-order valence-electron chi connectivity index (χ1n) is 10.3. The van der Waals surface area contributed by atoms with E-state index in [2.05, 4.69) is 15.4 Å². The SMILES string of the molecule is CCN(CC)C(=O)c1ccc(NC(=O)[C@H](C)NS(=O)(=O)c2ccc(NC(C)=O)cc2)cc1Cl. The first-order chi connectivity index (χ1) is 15.5.